The van der Waals surface area contributed by atoms with Crippen molar-refractivity contribution in [3.8, 4) is 0 Å². The molecular weight excluding hydrogens is 271 g/mol. The largest absolute Gasteiger partial charge is 0.416 e. The summed E-state index contributed by atoms with van der Waals surface area (Å²) in [6, 6.07) is 6.18. The van der Waals surface area contributed by atoms with Crippen molar-refractivity contribution in [3.63, 3.8) is 0 Å². The first kappa shape index (κ1) is 12.7. The fourth-order valence-electron chi connectivity index (χ4n) is 2.20. The summed E-state index contributed by atoms with van der Waals surface area (Å²) >= 11 is 0. The molecule has 0 spiro atoms. The Morgan fingerprint density at radius 3 is 2.40 bits per heavy atom. The molecule has 0 atom stereocenters. The van der Waals surface area contributed by atoms with E-state index in [2.05, 4.69) is 5.10 Å². The van der Waals surface area contributed by atoms with Crippen molar-refractivity contribution >= 4 is 11.6 Å². The number of rotatable bonds is 1. The zero-order valence-corrected chi connectivity index (χ0v) is 10.3. The van der Waals surface area contributed by atoms with Crippen LogP contribution in [0, 0.1) is 0 Å². The van der Waals surface area contributed by atoms with Crippen molar-refractivity contribution in [1.29, 1.82) is 0 Å². The van der Waals surface area contributed by atoms with Gasteiger partial charge in [-0.05, 0) is 30.3 Å². The first-order valence-electron chi connectivity index (χ1n) is 5.98. The van der Waals surface area contributed by atoms with Crippen molar-refractivity contribution in [2.45, 2.75) is 12.7 Å². The summed E-state index contributed by atoms with van der Waals surface area (Å²) < 4.78 is 39.1. The third-order valence-corrected chi connectivity index (χ3v) is 3.22. The van der Waals surface area contributed by atoms with Gasteiger partial charge in [0.25, 0.3) is 5.91 Å². The molecule has 0 saturated carbocycles. The number of aromatic nitrogens is 2. The van der Waals surface area contributed by atoms with E-state index in [1.54, 1.807) is 10.7 Å². The highest BCUT2D eigenvalue weighted by Gasteiger charge is 2.31. The third-order valence-electron chi connectivity index (χ3n) is 3.22. The molecule has 3 rings (SSSR count). The van der Waals surface area contributed by atoms with E-state index in [4.69, 9.17) is 0 Å². The molecule has 0 bridgehead atoms. The molecule has 1 amide bonds. The predicted molar refractivity (Wildman–Crippen MR) is 65.3 cm³/mol. The minimum absolute atomic E-state index is 0.256. The van der Waals surface area contributed by atoms with Gasteiger partial charge < -0.3 is 4.90 Å². The maximum absolute atomic E-state index is 12.5. The van der Waals surface area contributed by atoms with Crippen LogP contribution >= 0.6 is 0 Å². The summed E-state index contributed by atoms with van der Waals surface area (Å²) in [6.45, 7) is 0.911. The van der Waals surface area contributed by atoms with Crippen molar-refractivity contribution in [1.82, 2.24) is 9.78 Å². The Morgan fingerprint density at radius 1 is 1.05 bits per heavy atom. The van der Waals surface area contributed by atoms with Gasteiger partial charge in [-0.3, -0.25) is 9.48 Å². The first-order valence-corrected chi connectivity index (χ1v) is 5.98. The lowest BCUT2D eigenvalue weighted by molar-refractivity contribution is -0.137. The Labute approximate surface area is 112 Å². The number of carbonyl (C=O) groups excluding carboxylic acids is 1. The molecule has 0 unspecified atom stereocenters. The van der Waals surface area contributed by atoms with Crippen molar-refractivity contribution in [2.75, 3.05) is 11.4 Å². The first-order chi connectivity index (χ1) is 9.47. The quantitative estimate of drug-likeness (QED) is 0.805. The molecule has 7 heteroatoms. The molecule has 4 nitrogen and oxygen atoms in total. The maximum Gasteiger partial charge on any atom is 0.416 e. The Bertz CT molecular complexity index is 646. The number of nitrogens with zero attached hydrogens (tertiary/aromatic N) is 3. The van der Waals surface area contributed by atoms with Gasteiger partial charge in [-0.15, -0.1) is 0 Å². The fourth-order valence-corrected chi connectivity index (χ4v) is 2.20. The van der Waals surface area contributed by atoms with Crippen LogP contribution in [0.3, 0.4) is 0 Å². The summed E-state index contributed by atoms with van der Waals surface area (Å²) in [4.78, 5) is 13.7. The van der Waals surface area contributed by atoms with Crippen LogP contribution in [-0.2, 0) is 12.7 Å². The molecule has 1 aliphatic heterocycles. The molecule has 20 heavy (non-hydrogen) atoms. The molecule has 0 aliphatic carbocycles. The molecular formula is C13H10F3N3O. The zero-order chi connectivity index (χ0) is 14.3. The molecule has 0 fully saturated rings. The highest BCUT2D eigenvalue weighted by Crippen LogP contribution is 2.31. The third kappa shape index (κ3) is 2.04. The second kappa shape index (κ2) is 4.36. The molecule has 0 N–H and O–H groups in total. The lowest BCUT2D eigenvalue weighted by Gasteiger charge is -2.27. The van der Waals surface area contributed by atoms with Crippen molar-refractivity contribution < 1.29 is 18.0 Å². The van der Waals surface area contributed by atoms with E-state index in [0.29, 0.717) is 24.5 Å². The van der Waals surface area contributed by atoms with E-state index >= 15 is 0 Å². The van der Waals surface area contributed by atoms with E-state index in [1.807, 2.05) is 0 Å². The van der Waals surface area contributed by atoms with E-state index < -0.39 is 11.7 Å². The molecule has 1 aromatic carbocycles. The van der Waals surface area contributed by atoms with Gasteiger partial charge in [0.15, 0.2) is 0 Å². The highest BCUT2D eigenvalue weighted by molar-refractivity contribution is 6.05. The van der Waals surface area contributed by atoms with Crippen molar-refractivity contribution in [2.24, 2.45) is 0 Å². The lowest BCUT2D eigenvalue weighted by atomic mass is 10.1. The number of carbonyl (C=O) groups is 1. The van der Waals surface area contributed by atoms with Crippen LogP contribution in [0.1, 0.15) is 16.1 Å². The lowest BCUT2D eigenvalue weighted by Crippen LogP contribution is -2.40. The SMILES string of the molecule is O=C1c2ccnn2CCN1c1ccc(C(F)(F)F)cc1. The second-order valence-corrected chi connectivity index (χ2v) is 4.44. The normalized spacial score (nSPS) is 15.3. The van der Waals surface area contributed by atoms with Gasteiger partial charge >= 0.3 is 6.18 Å². The number of benzene rings is 1. The molecule has 2 aromatic rings. The van der Waals surface area contributed by atoms with Gasteiger partial charge in [-0.25, -0.2) is 0 Å². The molecule has 1 aromatic heterocycles. The molecule has 0 radical (unpaired) electrons. The number of amides is 1. The van der Waals surface area contributed by atoms with Crippen LogP contribution in [0.4, 0.5) is 18.9 Å². The zero-order valence-electron chi connectivity index (χ0n) is 10.3. The average Bonchev–Trinajstić information content (AvgIpc) is 2.88. The van der Waals surface area contributed by atoms with Crippen LogP contribution in [0.15, 0.2) is 36.5 Å². The summed E-state index contributed by atoms with van der Waals surface area (Å²) in [5, 5.41) is 4.00. The summed E-state index contributed by atoms with van der Waals surface area (Å²) in [7, 11) is 0. The number of fused-ring (bicyclic) bond motifs is 1. The Morgan fingerprint density at radius 2 is 1.75 bits per heavy atom. The number of anilines is 1. The van der Waals surface area contributed by atoms with Gasteiger partial charge in [0.05, 0.1) is 12.1 Å². The van der Waals surface area contributed by atoms with E-state index in [9.17, 15) is 18.0 Å². The van der Waals surface area contributed by atoms with E-state index in [1.165, 1.54) is 23.2 Å². The number of hydrogen-bond acceptors (Lipinski definition) is 2. The fraction of sp³-hybridized carbons (Fsp3) is 0.231. The number of alkyl halides is 3. The summed E-state index contributed by atoms with van der Waals surface area (Å²) in [6.07, 6.45) is -2.84. The highest BCUT2D eigenvalue weighted by atomic mass is 19.4. The van der Waals surface area contributed by atoms with Gasteiger partial charge in [-0.2, -0.15) is 18.3 Å². The van der Waals surface area contributed by atoms with Crippen molar-refractivity contribution in [3.05, 3.63) is 47.8 Å². The minimum Gasteiger partial charge on any atom is -0.305 e. The van der Waals surface area contributed by atoms with Crippen LogP contribution in [-0.4, -0.2) is 22.2 Å². The summed E-state index contributed by atoms with van der Waals surface area (Å²) in [5.74, 6) is -0.256. The molecule has 0 saturated heterocycles. The predicted octanol–water partition coefficient (Wildman–Crippen LogP) is 2.56. The van der Waals surface area contributed by atoms with Gasteiger partial charge in [-0.1, -0.05) is 0 Å². The monoisotopic (exact) mass is 281 g/mol. The summed E-state index contributed by atoms with van der Waals surface area (Å²) in [5.41, 5.74) is 0.169. The maximum atomic E-state index is 12.5. The Hall–Kier alpha value is -2.31. The van der Waals surface area contributed by atoms with Crippen LogP contribution in [0.2, 0.25) is 0 Å². The van der Waals surface area contributed by atoms with Gasteiger partial charge in [0.2, 0.25) is 0 Å². The van der Waals surface area contributed by atoms with E-state index in [-0.39, 0.29) is 5.91 Å². The minimum atomic E-state index is -4.37. The molecule has 2 heterocycles. The standard InChI is InChI=1S/C13H10F3N3O/c14-13(15,16)9-1-3-10(4-2-9)18-7-8-19-11(12(18)20)5-6-17-19/h1-6H,7-8H2. The van der Waals surface area contributed by atoms with Crippen LogP contribution in [0.5, 0.6) is 0 Å². The molecule has 104 valence electrons. The second-order valence-electron chi connectivity index (χ2n) is 4.44. The average molecular weight is 281 g/mol. The Kier molecular flexibility index (Phi) is 2.77. The Balaban J connectivity index is 1.89. The molecule has 1 aliphatic rings. The number of halogens is 3. The van der Waals surface area contributed by atoms with E-state index in [0.717, 1.165) is 12.1 Å². The smallest absolute Gasteiger partial charge is 0.305 e. The van der Waals surface area contributed by atoms with Gasteiger partial charge in [0.1, 0.15) is 5.69 Å². The van der Waals surface area contributed by atoms with Gasteiger partial charge in [0, 0.05) is 18.4 Å². The van der Waals surface area contributed by atoms with Crippen LogP contribution < -0.4 is 4.90 Å². The number of hydrogen-bond donors (Lipinski definition) is 0. The topological polar surface area (TPSA) is 38.1 Å². The van der Waals surface area contributed by atoms with Crippen LogP contribution in [0.25, 0.3) is 0 Å².